The normalized spacial score (nSPS) is 11.2. The molecule has 0 saturated heterocycles. The maximum Gasteiger partial charge on any atom is 0.317 e. The minimum atomic E-state index is -0.942. The molecule has 0 rings (SSSR count). The van der Waals surface area contributed by atoms with Crippen molar-refractivity contribution in [3.63, 3.8) is 0 Å². The number of hydrogen-bond acceptors (Lipinski definition) is 8. The predicted molar refractivity (Wildman–Crippen MR) is 92.2 cm³/mol. The van der Waals surface area contributed by atoms with Gasteiger partial charge in [-0.1, -0.05) is 0 Å². The lowest BCUT2D eigenvalue weighted by Crippen LogP contribution is -2.45. The minimum absolute atomic E-state index is 0.0687. The van der Waals surface area contributed by atoms with Crippen LogP contribution in [0.5, 0.6) is 0 Å². The molecule has 0 aromatic heterocycles. The van der Waals surface area contributed by atoms with Crippen molar-refractivity contribution in [1.82, 2.24) is 20.0 Å². The van der Waals surface area contributed by atoms with Gasteiger partial charge in [0.25, 0.3) is 0 Å². The van der Waals surface area contributed by atoms with Gasteiger partial charge in [-0.3, -0.25) is 24.3 Å². The summed E-state index contributed by atoms with van der Waals surface area (Å²) in [5.74, 6) is -1.40. The third-order valence-electron chi connectivity index (χ3n) is 3.49. The highest BCUT2D eigenvalue weighted by Gasteiger charge is 2.14. The smallest absolute Gasteiger partial charge is 0.317 e. The van der Waals surface area contributed by atoms with E-state index in [1.165, 1.54) is 0 Å². The number of aldehydes is 2. The second-order valence-electron chi connectivity index (χ2n) is 5.71. The molecule has 0 fully saturated rings. The summed E-state index contributed by atoms with van der Waals surface area (Å²) >= 11 is 0. The molecule has 0 aromatic rings. The van der Waals surface area contributed by atoms with E-state index in [4.69, 9.17) is 10.8 Å². The molecule has 0 aliphatic heterocycles. The summed E-state index contributed by atoms with van der Waals surface area (Å²) in [6.45, 7) is 3.47. The number of rotatable bonds is 17. The van der Waals surface area contributed by atoms with Crippen molar-refractivity contribution in [2.24, 2.45) is 5.73 Å². The Bertz CT molecular complexity index is 421. The molecule has 10 heteroatoms. The van der Waals surface area contributed by atoms with Crippen LogP contribution in [-0.4, -0.2) is 117 Å². The molecule has 0 aliphatic rings. The monoisotopic (exact) mass is 359 g/mol. The first-order chi connectivity index (χ1) is 11.9. The van der Waals surface area contributed by atoms with Crippen LogP contribution in [0, 0.1) is 0 Å². The van der Waals surface area contributed by atoms with E-state index in [-0.39, 0.29) is 19.6 Å². The zero-order valence-corrected chi connectivity index (χ0v) is 14.7. The summed E-state index contributed by atoms with van der Waals surface area (Å²) in [4.78, 5) is 48.3. The molecule has 0 saturated carbocycles. The Morgan fingerprint density at radius 1 is 1.00 bits per heavy atom. The summed E-state index contributed by atoms with van der Waals surface area (Å²) in [5.41, 5.74) is 5.26. The highest BCUT2D eigenvalue weighted by atomic mass is 16.4. The summed E-state index contributed by atoms with van der Waals surface area (Å²) in [6, 6.07) is 0. The first kappa shape index (κ1) is 23.1. The average Bonchev–Trinajstić information content (AvgIpc) is 2.53. The Kier molecular flexibility index (Phi) is 13.4. The van der Waals surface area contributed by atoms with E-state index in [1.54, 1.807) is 11.9 Å². The Labute approximate surface area is 147 Å². The van der Waals surface area contributed by atoms with Crippen LogP contribution in [0.25, 0.3) is 0 Å². The first-order valence-electron chi connectivity index (χ1n) is 8.10. The lowest BCUT2D eigenvalue weighted by molar-refractivity contribution is -0.138. The summed E-state index contributed by atoms with van der Waals surface area (Å²) < 4.78 is 0. The Morgan fingerprint density at radius 2 is 1.60 bits per heavy atom. The predicted octanol–water partition coefficient (Wildman–Crippen LogP) is -2.92. The number of likely N-dealkylation sites (N-methyl/N-ethyl adjacent to an activating group) is 1. The zero-order chi connectivity index (χ0) is 19.1. The van der Waals surface area contributed by atoms with E-state index in [0.717, 1.165) is 12.6 Å². The van der Waals surface area contributed by atoms with Crippen molar-refractivity contribution >= 4 is 24.4 Å². The molecule has 10 nitrogen and oxygen atoms in total. The SMILES string of the molecule is CN(CC=O)CCN(CCN(CCNCC=O)CC(=O)O)CC(N)=O. The quantitative estimate of drug-likeness (QED) is 0.184. The van der Waals surface area contributed by atoms with Crippen molar-refractivity contribution in [2.45, 2.75) is 0 Å². The molecule has 0 unspecified atom stereocenters. The number of carbonyl (C=O) groups is 4. The molecule has 0 atom stereocenters. The number of nitrogens with two attached hydrogens (primary N) is 1. The molecule has 144 valence electrons. The highest BCUT2D eigenvalue weighted by molar-refractivity contribution is 5.75. The van der Waals surface area contributed by atoms with Crippen LogP contribution in [-0.2, 0) is 19.2 Å². The molecule has 1 amide bonds. The van der Waals surface area contributed by atoms with Gasteiger partial charge in [0.2, 0.25) is 5.91 Å². The van der Waals surface area contributed by atoms with Crippen molar-refractivity contribution in [3.05, 3.63) is 0 Å². The van der Waals surface area contributed by atoms with Crippen LogP contribution in [0.15, 0.2) is 0 Å². The standard InChI is InChI=1S/C15H29N5O5/c1-18(9-11-22)5-6-20(12-14(16)23)8-7-19(13-15(24)25)4-2-17-3-10-21/h10-11,17H,2-9,12-13H2,1H3,(H2,16,23)(H,24,25). The van der Waals surface area contributed by atoms with Gasteiger partial charge in [0.1, 0.15) is 12.6 Å². The fourth-order valence-corrected chi connectivity index (χ4v) is 2.16. The molecular formula is C15H29N5O5. The molecular weight excluding hydrogens is 330 g/mol. The van der Waals surface area contributed by atoms with Gasteiger partial charge in [0.15, 0.2) is 0 Å². The number of primary amides is 1. The van der Waals surface area contributed by atoms with Crippen LogP contribution in [0.3, 0.4) is 0 Å². The van der Waals surface area contributed by atoms with Gasteiger partial charge in [-0.15, -0.1) is 0 Å². The maximum atomic E-state index is 11.2. The fraction of sp³-hybridized carbons (Fsp3) is 0.733. The molecule has 0 bridgehead atoms. The van der Waals surface area contributed by atoms with Gasteiger partial charge in [-0.2, -0.15) is 0 Å². The highest BCUT2D eigenvalue weighted by Crippen LogP contribution is 1.94. The van der Waals surface area contributed by atoms with Crippen LogP contribution in [0.2, 0.25) is 0 Å². The van der Waals surface area contributed by atoms with Crippen LogP contribution >= 0.6 is 0 Å². The van der Waals surface area contributed by atoms with E-state index in [1.807, 2.05) is 9.80 Å². The van der Waals surface area contributed by atoms with E-state index < -0.39 is 11.9 Å². The number of nitrogens with zero attached hydrogens (tertiary/aromatic N) is 3. The average molecular weight is 359 g/mol. The Morgan fingerprint density at radius 3 is 2.12 bits per heavy atom. The molecule has 0 radical (unpaired) electrons. The number of carboxylic acids is 1. The molecule has 0 spiro atoms. The van der Waals surface area contributed by atoms with E-state index in [0.29, 0.717) is 45.8 Å². The first-order valence-corrected chi connectivity index (χ1v) is 8.10. The second kappa shape index (κ2) is 14.5. The number of aliphatic carboxylic acids is 1. The van der Waals surface area contributed by atoms with Crippen LogP contribution in [0.4, 0.5) is 0 Å². The van der Waals surface area contributed by atoms with E-state index in [9.17, 15) is 19.2 Å². The van der Waals surface area contributed by atoms with E-state index in [2.05, 4.69) is 5.32 Å². The molecule has 0 heterocycles. The Hall–Kier alpha value is -1.88. The summed E-state index contributed by atoms with van der Waals surface area (Å²) in [6.07, 6.45) is 1.55. The maximum absolute atomic E-state index is 11.2. The third-order valence-corrected chi connectivity index (χ3v) is 3.49. The van der Waals surface area contributed by atoms with Gasteiger partial charge in [0.05, 0.1) is 26.2 Å². The fourth-order valence-electron chi connectivity index (χ4n) is 2.16. The molecule has 0 aliphatic carbocycles. The van der Waals surface area contributed by atoms with Gasteiger partial charge in [-0.25, -0.2) is 0 Å². The second-order valence-corrected chi connectivity index (χ2v) is 5.71. The lowest BCUT2D eigenvalue weighted by atomic mass is 10.3. The Balaban J connectivity index is 4.47. The summed E-state index contributed by atoms with van der Waals surface area (Å²) in [5, 5.41) is 11.9. The topological polar surface area (TPSA) is 136 Å². The number of nitrogens with one attached hydrogen (secondary N) is 1. The van der Waals surface area contributed by atoms with Crippen molar-refractivity contribution < 1.29 is 24.3 Å². The van der Waals surface area contributed by atoms with Gasteiger partial charge >= 0.3 is 5.97 Å². The molecule has 25 heavy (non-hydrogen) atoms. The van der Waals surface area contributed by atoms with Crippen molar-refractivity contribution in [1.29, 1.82) is 0 Å². The molecule has 0 aromatic carbocycles. The summed E-state index contributed by atoms with van der Waals surface area (Å²) in [7, 11) is 1.80. The molecule has 4 N–H and O–H groups in total. The van der Waals surface area contributed by atoms with Crippen molar-refractivity contribution in [2.75, 3.05) is 72.5 Å². The van der Waals surface area contributed by atoms with Crippen LogP contribution in [0.1, 0.15) is 0 Å². The van der Waals surface area contributed by atoms with E-state index >= 15 is 0 Å². The zero-order valence-electron chi connectivity index (χ0n) is 14.7. The number of amides is 1. The van der Waals surface area contributed by atoms with Crippen LogP contribution < -0.4 is 11.1 Å². The number of carbonyl (C=O) groups excluding carboxylic acids is 3. The number of hydrogen-bond donors (Lipinski definition) is 3. The minimum Gasteiger partial charge on any atom is -0.480 e. The third kappa shape index (κ3) is 14.2. The lowest BCUT2D eigenvalue weighted by Gasteiger charge is -2.27. The van der Waals surface area contributed by atoms with Gasteiger partial charge in [-0.05, 0) is 7.05 Å². The largest absolute Gasteiger partial charge is 0.480 e. The number of carboxylic acid groups (broad SMARTS) is 1. The van der Waals surface area contributed by atoms with Gasteiger partial charge < -0.3 is 25.7 Å². The van der Waals surface area contributed by atoms with Crippen molar-refractivity contribution in [3.8, 4) is 0 Å². The van der Waals surface area contributed by atoms with Gasteiger partial charge in [0, 0.05) is 39.3 Å².